The number of aliphatic carboxylic acids is 1. The molecule has 21 heavy (non-hydrogen) atoms. The lowest BCUT2D eigenvalue weighted by molar-refractivity contribution is -0.144. The van der Waals surface area contributed by atoms with E-state index < -0.39 is 5.97 Å². The van der Waals surface area contributed by atoms with Crippen LogP contribution in [0.25, 0.3) is 0 Å². The van der Waals surface area contributed by atoms with E-state index in [1.54, 1.807) is 0 Å². The highest BCUT2D eigenvalue weighted by Crippen LogP contribution is 2.20. The molecule has 1 aliphatic rings. The van der Waals surface area contributed by atoms with Crippen LogP contribution in [0, 0.1) is 0 Å². The highest BCUT2D eigenvalue weighted by atomic mass is 16.5. The first-order chi connectivity index (χ1) is 10.2. The van der Waals surface area contributed by atoms with Crippen LogP contribution in [0.3, 0.4) is 0 Å². The fourth-order valence-corrected chi connectivity index (χ4v) is 2.92. The first kappa shape index (κ1) is 15.8. The molecule has 1 atom stereocenters. The van der Waals surface area contributed by atoms with Crippen molar-refractivity contribution in [2.24, 2.45) is 0 Å². The molecule has 0 amide bonds. The monoisotopic (exact) mass is 291 g/mol. The van der Waals surface area contributed by atoms with Gasteiger partial charge in [0.1, 0.15) is 11.8 Å². The van der Waals surface area contributed by atoms with Gasteiger partial charge in [-0.2, -0.15) is 0 Å². The lowest BCUT2D eigenvalue weighted by Gasteiger charge is -2.32. The third-order valence-electron chi connectivity index (χ3n) is 4.10. The standard InChI is InChI=1S/C17H25NO3/c1-2-14-8-3-4-10-16(14)21-13-7-12-18-11-6-5-9-15(18)17(19)20/h3-4,8,10,15H,2,5-7,9,11-13H2,1H3,(H,19,20). The summed E-state index contributed by atoms with van der Waals surface area (Å²) in [5, 5.41) is 9.24. The second-order valence-electron chi connectivity index (χ2n) is 5.55. The molecule has 116 valence electrons. The van der Waals surface area contributed by atoms with Crippen LogP contribution < -0.4 is 4.74 Å². The van der Waals surface area contributed by atoms with E-state index >= 15 is 0 Å². The zero-order valence-corrected chi connectivity index (χ0v) is 12.8. The normalized spacial score (nSPS) is 19.4. The molecule has 0 bridgehead atoms. The van der Waals surface area contributed by atoms with Crippen LogP contribution in [0.2, 0.25) is 0 Å². The van der Waals surface area contributed by atoms with Crippen molar-refractivity contribution in [1.82, 2.24) is 4.90 Å². The number of rotatable bonds is 7. The molecule has 1 aromatic carbocycles. The van der Waals surface area contributed by atoms with E-state index in [4.69, 9.17) is 4.74 Å². The van der Waals surface area contributed by atoms with Gasteiger partial charge < -0.3 is 9.84 Å². The summed E-state index contributed by atoms with van der Waals surface area (Å²) < 4.78 is 5.84. The Labute approximate surface area is 126 Å². The summed E-state index contributed by atoms with van der Waals surface area (Å²) in [6, 6.07) is 7.79. The number of hydrogen-bond acceptors (Lipinski definition) is 3. The van der Waals surface area contributed by atoms with E-state index in [0.29, 0.717) is 6.61 Å². The molecule has 1 aliphatic heterocycles. The molecule has 1 aromatic rings. The summed E-state index contributed by atoms with van der Waals surface area (Å²) in [5.74, 6) is 0.264. The molecule has 1 saturated heterocycles. The SMILES string of the molecule is CCc1ccccc1OCCCN1CCCCC1C(=O)O. The molecule has 4 heteroatoms. The van der Waals surface area contributed by atoms with Gasteiger partial charge in [0, 0.05) is 6.54 Å². The van der Waals surface area contributed by atoms with Gasteiger partial charge in [0.15, 0.2) is 0 Å². The molecule has 0 aliphatic carbocycles. The van der Waals surface area contributed by atoms with Gasteiger partial charge in [-0.3, -0.25) is 9.69 Å². The van der Waals surface area contributed by atoms with Gasteiger partial charge in [0.25, 0.3) is 0 Å². The van der Waals surface area contributed by atoms with Gasteiger partial charge in [-0.1, -0.05) is 31.5 Å². The molecule has 0 radical (unpaired) electrons. The van der Waals surface area contributed by atoms with Crippen LogP contribution in [0.4, 0.5) is 0 Å². The van der Waals surface area contributed by atoms with E-state index in [0.717, 1.165) is 50.9 Å². The zero-order chi connectivity index (χ0) is 15.1. The van der Waals surface area contributed by atoms with Crippen molar-refractivity contribution in [1.29, 1.82) is 0 Å². The molecule has 0 saturated carbocycles. The third-order valence-corrected chi connectivity index (χ3v) is 4.10. The van der Waals surface area contributed by atoms with Gasteiger partial charge in [0.2, 0.25) is 0 Å². The summed E-state index contributed by atoms with van der Waals surface area (Å²) in [6.07, 6.45) is 4.72. The van der Waals surface area contributed by atoms with Crippen LogP contribution in [-0.2, 0) is 11.2 Å². The number of carboxylic acid groups (broad SMARTS) is 1. The lowest BCUT2D eigenvalue weighted by Crippen LogP contribution is -2.45. The summed E-state index contributed by atoms with van der Waals surface area (Å²) >= 11 is 0. The van der Waals surface area contributed by atoms with Crippen molar-refractivity contribution in [3.63, 3.8) is 0 Å². The number of ether oxygens (including phenoxy) is 1. The molecule has 1 fully saturated rings. The number of carbonyl (C=O) groups is 1. The minimum atomic E-state index is -0.688. The number of hydrogen-bond donors (Lipinski definition) is 1. The fourth-order valence-electron chi connectivity index (χ4n) is 2.92. The Bertz CT molecular complexity index is 461. The topological polar surface area (TPSA) is 49.8 Å². The first-order valence-electron chi connectivity index (χ1n) is 7.90. The molecule has 4 nitrogen and oxygen atoms in total. The quantitative estimate of drug-likeness (QED) is 0.785. The van der Waals surface area contributed by atoms with E-state index in [2.05, 4.69) is 17.9 Å². The average Bonchev–Trinajstić information content (AvgIpc) is 2.52. The van der Waals surface area contributed by atoms with Crippen molar-refractivity contribution in [2.45, 2.75) is 45.1 Å². The van der Waals surface area contributed by atoms with Gasteiger partial charge in [-0.05, 0) is 43.9 Å². The predicted molar refractivity (Wildman–Crippen MR) is 82.8 cm³/mol. The van der Waals surface area contributed by atoms with Crippen molar-refractivity contribution >= 4 is 5.97 Å². The van der Waals surface area contributed by atoms with Crippen molar-refractivity contribution < 1.29 is 14.6 Å². The lowest BCUT2D eigenvalue weighted by atomic mass is 10.0. The summed E-state index contributed by atoms with van der Waals surface area (Å²) in [7, 11) is 0. The van der Waals surface area contributed by atoms with E-state index in [-0.39, 0.29) is 6.04 Å². The van der Waals surface area contributed by atoms with Crippen LogP contribution in [-0.4, -0.2) is 41.7 Å². The van der Waals surface area contributed by atoms with Gasteiger partial charge in [-0.25, -0.2) is 0 Å². The maximum atomic E-state index is 11.2. The average molecular weight is 291 g/mol. The minimum Gasteiger partial charge on any atom is -0.493 e. The van der Waals surface area contributed by atoms with Gasteiger partial charge in [0.05, 0.1) is 6.61 Å². The van der Waals surface area contributed by atoms with Crippen molar-refractivity contribution in [2.75, 3.05) is 19.7 Å². The summed E-state index contributed by atoms with van der Waals surface area (Å²) in [5.41, 5.74) is 1.22. The molecule has 1 unspecified atom stereocenters. The number of nitrogens with zero attached hydrogens (tertiary/aromatic N) is 1. The molecular weight excluding hydrogens is 266 g/mol. The minimum absolute atomic E-state index is 0.304. The Morgan fingerprint density at radius 1 is 1.38 bits per heavy atom. The Morgan fingerprint density at radius 3 is 2.95 bits per heavy atom. The predicted octanol–water partition coefficient (Wildman–Crippen LogP) is 2.96. The Balaban J connectivity index is 1.77. The van der Waals surface area contributed by atoms with Crippen LogP contribution in [0.1, 0.15) is 38.2 Å². The first-order valence-corrected chi connectivity index (χ1v) is 7.90. The Morgan fingerprint density at radius 2 is 2.19 bits per heavy atom. The molecule has 2 rings (SSSR count). The number of likely N-dealkylation sites (tertiary alicyclic amines) is 1. The second-order valence-corrected chi connectivity index (χ2v) is 5.55. The van der Waals surface area contributed by atoms with E-state index in [1.807, 2.05) is 18.2 Å². The zero-order valence-electron chi connectivity index (χ0n) is 12.8. The van der Waals surface area contributed by atoms with Crippen molar-refractivity contribution in [3.05, 3.63) is 29.8 Å². The molecule has 0 aromatic heterocycles. The fraction of sp³-hybridized carbons (Fsp3) is 0.588. The van der Waals surface area contributed by atoms with Crippen LogP contribution in [0.15, 0.2) is 24.3 Å². The highest BCUT2D eigenvalue weighted by molar-refractivity contribution is 5.73. The van der Waals surface area contributed by atoms with Gasteiger partial charge >= 0.3 is 5.97 Å². The smallest absolute Gasteiger partial charge is 0.320 e. The number of benzene rings is 1. The number of para-hydroxylation sites is 1. The number of carboxylic acids is 1. The van der Waals surface area contributed by atoms with E-state index in [9.17, 15) is 9.90 Å². The molecule has 1 N–H and O–H groups in total. The Kier molecular flexibility index (Phi) is 6.05. The van der Waals surface area contributed by atoms with Crippen LogP contribution in [0.5, 0.6) is 5.75 Å². The van der Waals surface area contributed by atoms with Gasteiger partial charge in [-0.15, -0.1) is 0 Å². The Hall–Kier alpha value is -1.55. The summed E-state index contributed by atoms with van der Waals surface area (Å²) in [6.45, 7) is 4.45. The molecule has 1 heterocycles. The van der Waals surface area contributed by atoms with Crippen molar-refractivity contribution in [3.8, 4) is 5.75 Å². The largest absolute Gasteiger partial charge is 0.493 e. The number of aryl methyl sites for hydroxylation is 1. The molecule has 0 spiro atoms. The maximum Gasteiger partial charge on any atom is 0.320 e. The van der Waals surface area contributed by atoms with Crippen LogP contribution >= 0.6 is 0 Å². The second kappa shape index (κ2) is 8.03. The summed E-state index contributed by atoms with van der Waals surface area (Å²) in [4.78, 5) is 13.3. The third kappa shape index (κ3) is 4.46. The van der Waals surface area contributed by atoms with E-state index in [1.165, 1.54) is 5.56 Å². The molecular formula is C17H25NO3. The maximum absolute atomic E-state index is 11.2. The highest BCUT2D eigenvalue weighted by Gasteiger charge is 2.27. The number of piperidine rings is 1.